The van der Waals surface area contributed by atoms with Crippen LogP contribution in [0, 0.1) is 5.41 Å². The number of hydrogen-bond acceptors (Lipinski definition) is 3. The molecule has 2 atom stereocenters. The van der Waals surface area contributed by atoms with Gasteiger partial charge in [-0.15, -0.1) is 0 Å². The summed E-state index contributed by atoms with van der Waals surface area (Å²) in [5.41, 5.74) is -0.354. The summed E-state index contributed by atoms with van der Waals surface area (Å²) in [6, 6.07) is 0. The number of rotatable bonds is 15. The predicted octanol–water partition coefficient (Wildman–Crippen LogP) is 5.82. The maximum absolute atomic E-state index is 12.7. The van der Waals surface area contributed by atoms with Crippen LogP contribution in [0.3, 0.4) is 0 Å². The number of ketones is 1. The third kappa shape index (κ3) is 10.1. The smallest absolute Gasteiger partial charge is 0.303 e. The van der Waals surface area contributed by atoms with Crippen molar-refractivity contribution in [1.29, 1.82) is 0 Å². The van der Waals surface area contributed by atoms with Crippen LogP contribution in [0.2, 0.25) is 0 Å². The van der Waals surface area contributed by atoms with E-state index in [1.54, 1.807) is 0 Å². The molecule has 2 N–H and O–H groups in total. The van der Waals surface area contributed by atoms with Gasteiger partial charge in [-0.3, -0.25) is 9.59 Å². The Morgan fingerprint density at radius 2 is 1.78 bits per heavy atom. The number of hydrogen-bond donors (Lipinski definition) is 2. The lowest BCUT2D eigenvalue weighted by Gasteiger charge is -2.33. The molecule has 2 unspecified atom stereocenters. The van der Waals surface area contributed by atoms with Gasteiger partial charge < -0.3 is 10.2 Å². The molecule has 0 radical (unpaired) electrons. The van der Waals surface area contributed by atoms with Gasteiger partial charge in [0.2, 0.25) is 0 Å². The Morgan fingerprint density at radius 1 is 1.07 bits per heavy atom. The number of aliphatic carboxylic acids is 1. The van der Waals surface area contributed by atoms with E-state index in [2.05, 4.69) is 6.92 Å². The molecule has 0 heterocycles. The van der Waals surface area contributed by atoms with Gasteiger partial charge in [-0.05, 0) is 32.1 Å². The van der Waals surface area contributed by atoms with Crippen molar-refractivity contribution in [3.63, 3.8) is 0 Å². The molecule has 0 aromatic heterocycles. The van der Waals surface area contributed by atoms with Gasteiger partial charge in [0.1, 0.15) is 5.78 Å². The molecule has 156 valence electrons. The van der Waals surface area contributed by atoms with Crippen LogP contribution in [0.25, 0.3) is 0 Å². The van der Waals surface area contributed by atoms with E-state index in [9.17, 15) is 14.7 Å². The number of carboxylic acids is 1. The topological polar surface area (TPSA) is 74.6 Å². The normalized spacial score (nSPS) is 21.6. The molecule has 1 saturated carbocycles. The van der Waals surface area contributed by atoms with Crippen LogP contribution in [0.1, 0.15) is 110 Å². The fraction of sp³-hybridized carbons (Fsp3) is 0.826. The van der Waals surface area contributed by atoms with Crippen LogP contribution in [-0.2, 0) is 9.59 Å². The maximum atomic E-state index is 12.7. The molecule has 0 aliphatic heterocycles. The van der Waals surface area contributed by atoms with Crippen LogP contribution in [0.4, 0.5) is 0 Å². The molecule has 0 aromatic carbocycles. The average molecular weight is 381 g/mol. The van der Waals surface area contributed by atoms with Crippen molar-refractivity contribution in [2.24, 2.45) is 5.41 Å². The molecule has 1 aliphatic rings. The van der Waals surface area contributed by atoms with Crippen LogP contribution in [-0.4, -0.2) is 28.1 Å². The summed E-state index contributed by atoms with van der Waals surface area (Å²) in [4.78, 5) is 23.2. The highest BCUT2D eigenvalue weighted by molar-refractivity contribution is 5.87. The Hall–Kier alpha value is -1.16. The van der Waals surface area contributed by atoms with E-state index in [-0.39, 0.29) is 11.8 Å². The first-order valence-electron chi connectivity index (χ1n) is 11.1. The van der Waals surface area contributed by atoms with E-state index in [0.717, 1.165) is 89.9 Å². The standard InChI is InChI=1S/C23H40O4/c1-2-3-8-13-20(24)16-19-23(18-12-10-14-21(23)25)17-11-7-5-4-6-9-15-22(26)27/h16,19-20,24H,2-15,17-18H2,1H3,(H,26,27). The number of Topliss-reactive ketones (excluding diaryl/α,β-unsaturated/α-hetero) is 1. The molecular weight excluding hydrogens is 340 g/mol. The number of carbonyl (C=O) groups is 2. The van der Waals surface area contributed by atoms with E-state index in [1.165, 1.54) is 0 Å². The zero-order valence-electron chi connectivity index (χ0n) is 17.3. The zero-order valence-corrected chi connectivity index (χ0v) is 17.3. The number of carboxylic acid groups (broad SMARTS) is 1. The number of aliphatic hydroxyl groups excluding tert-OH is 1. The van der Waals surface area contributed by atoms with Crippen molar-refractivity contribution in [3.8, 4) is 0 Å². The maximum Gasteiger partial charge on any atom is 0.303 e. The van der Waals surface area contributed by atoms with Gasteiger partial charge in [0.15, 0.2) is 0 Å². The first kappa shape index (κ1) is 23.9. The molecule has 27 heavy (non-hydrogen) atoms. The summed E-state index contributed by atoms with van der Waals surface area (Å²) in [7, 11) is 0. The lowest BCUT2D eigenvalue weighted by molar-refractivity contribution is -0.137. The second-order valence-corrected chi connectivity index (χ2v) is 8.22. The highest BCUT2D eigenvalue weighted by atomic mass is 16.4. The van der Waals surface area contributed by atoms with Crippen LogP contribution in [0.15, 0.2) is 12.2 Å². The zero-order chi connectivity index (χ0) is 20.0. The lowest BCUT2D eigenvalue weighted by Crippen LogP contribution is -2.32. The van der Waals surface area contributed by atoms with E-state index >= 15 is 0 Å². The molecule has 4 heteroatoms. The van der Waals surface area contributed by atoms with Gasteiger partial charge in [-0.25, -0.2) is 0 Å². The van der Waals surface area contributed by atoms with E-state index < -0.39 is 12.1 Å². The number of carbonyl (C=O) groups excluding carboxylic acids is 1. The second kappa shape index (κ2) is 13.9. The van der Waals surface area contributed by atoms with Crippen molar-refractivity contribution < 1.29 is 19.8 Å². The number of allylic oxidation sites excluding steroid dienone is 1. The molecule has 0 aromatic rings. The molecule has 0 bridgehead atoms. The Kier molecular flexibility index (Phi) is 12.3. The molecular formula is C23H40O4. The fourth-order valence-corrected chi connectivity index (χ4v) is 4.06. The Balaban J connectivity index is 2.40. The SMILES string of the molecule is CCCCCC(O)C=CC1(CCCCCCCCC(=O)O)CCCCC1=O. The van der Waals surface area contributed by atoms with Crippen molar-refractivity contribution >= 4 is 11.8 Å². The van der Waals surface area contributed by atoms with Gasteiger partial charge >= 0.3 is 5.97 Å². The third-order valence-electron chi connectivity index (χ3n) is 5.84. The van der Waals surface area contributed by atoms with Crippen LogP contribution in [0.5, 0.6) is 0 Å². The lowest BCUT2D eigenvalue weighted by atomic mass is 9.69. The van der Waals surface area contributed by atoms with E-state index in [4.69, 9.17) is 5.11 Å². The molecule has 4 nitrogen and oxygen atoms in total. The van der Waals surface area contributed by atoms with E-state index in [1.807, 2.05) is 12.2 Å². The van der Waals surface area contributed by atoms with Gasteiger partial charge in [0, 0.05) is 18.3 Å². The van der Waals surface area contributed by atoms with Gasteiger partial charge in [0.25, 0.3) is 0 Å². The minimum absolute atomic E-state index is 0.267. The molecule has 0 amide bonds. The van der Waals surface area contributed by atoms with Crippen molar-refractivity contribution in [3.05, 3.63) is 12.2 Å². The van der Waals surface area contributed by atoms with Crippen LogP contribution >= 0.6 is 0 Å². The summed E-state index contributed by atoms with van der Waals surface area (Å²) in [5, 5.41) is 18.8. The van der Waals surface area contributed by atoms with Gasteiger partial charge in [0.05, 0.1) is 6.10 Å². The summed E-state index contributed by atoms with van der Waals surface area (Å²) in [5.74, 6) is -0.358. The molecule has 0 spiro atoms. The van der Waals surface area contributed by atoms with Crippen molar-refractivity contribution in [2.45, 2.75) is 116 Å². The minimum atomic E-state index is -0.712. The molecule has 0 saturated heterocycles. The summed E-state index contributed by atoms with van der Waals surface area (Å²) >= 11 is 0. The van der Waals surface area contributed by atoms with E-state index in [0.29, 0.717) is 12.2 Å². The molecule has 1 fully saturated rings. The van der Waals surface area contributed by atoms with Crippen molar-refractivity contribution in [2.75, 3.05) is 0 Å². The fourth-order valence-electron chi connectivity index (χ4n) is 4.06. The second-order valence-electron chi connectivity index (χ2n) is 8.22. The summed E-state index contributed by atoms with van der Waals surface area (Å²) < 4.78 is 0. The largest absolute Gasteiger partial charge is 0.481 e. The monoisotopic (exact) mass is 380 g/mol. The average Bonchev–Trinajstić information content (AvgIpc) is 2.64. The molecule has 1 rings (SSSR count). The Labute approximate surface area is 165 Å². The Bertz CT molecular complexity index is 457. The third-order valence-corrected chi connectivity index (χ3v) is 5.84. The predicted molar refractivity (Wildman–Crippen MR) is 110 cm³/mol. The van der Waals surface area contributed by atoms with Gasteiger partial charge in [-0.1, -0.05) is 76.9 Å². The highest BCUT2D eigenvalue weighted by Crippen LogP contribution is 2.39. The Morgan fingerprint density at radius 3 is 2.44 bits per heavy atom. The first-order chi connectivity index (χ1) is 13.0. The summed E-state index contributed by atoms with van der Waals surface area (Å²) in [6.07, 6.45) is 18.5. The highest BCUT2D eigenvalue weighted by Gasteiger charge is 2.36. The van der Waals surface area contributed by atoms with Crippen LogP contribution < -0.4 is 0 Å². The minimum Gasteiger partial charge on any atom is -0.481 e. The van der Waals surface area contributed by atoms with Gasteiger partial charge in [-0.2, -0.15) is 0 Å². The number of unbranched alkanes of at least 4 members (excludes halogenated alkanes) is 7. The van der Waals surface area contributed by atoms with Crippen molar-refractivity contribution in [1.82, 2.24) is 0 Å². The number of aliphatic hydroxyl groups is 1. The molecule has 1 aliphatic carbocycles. The quantitative estimate of drug-likeness (QED) is 0.277. The summed E-state index contributed by atoms with van der Waals surface area (Å²) in [6.45, 7) is 2.16. The first-order valence-corrected chi connectivity index (χ1v) is 11.1.